The smallest absolute Gasteiger partial charge is 0.0132 e. The first-order valence-corrected chi connectivity index (χ1v) is 3.88. The maximum absolute atomic E-state index is 3.62. The number of rotatable bonds is 7. The molecule has 0 heterocycles. The van der Waals surface area contributed by atoms with E-state index in [4.69, 9.17) is 0 Å². The lowest BCUT2D eigenvalue weighted by molar-refractivity contribution is 0.629. The van der Waals surface area contributed by atoms with Crippen LogP contribution >= 0.6 is 24.8 Å². The molecule has 0 aliphatic carbocycles. The van der Waals surface area contributed by atoms with E-state index in [1.165, 1.54) is 12.8 Å². The molecule has 0 amide bonds. The number of unbranched alkanes of at least 4 members (excludes halogenated alkanes) is 1. The van der Waals surface area contributed by atoms with Gasteiger partial charge in [-0.05, 0) is 33.0 Å². The monoisotopic (exact) mass is 214 g/mol. The summed E-state index contributed by atoms with van der Waals surface area (Å²) in [6.45, 7) is 6.78. The molecule has 0 aromatic rings. The van der Waals surface area contributed by atoms with Crippen LogP contribution in [0.15, 0.2) is 12.7 Å². The van der Waals surface area contributed by atoms with Crippen LogP contribution in [0.5, 0.6) is 0 Å². The van der Waals surface area contributed by atoms with Gasteiger partial charge in [0, 0.05) is 6.54 Å². The lowest BCUT2D eigenvalue weighted by Gasteiger charge is -2.00. The molecular weight excluding hydrogens is 195 g/mol. The quantitative estimate of drug-likeness (QED) is 0.498. The fraction of sp³-hybridized carbons (Fsp3) is 0.750. The molecule has 0 unspecified atom stereocenters. The second kappa shape index (κ2) is 17.4. The fourth-order valence-electron chi connectivity index (χ4n) is 0.756. The molecule has 0 aromatic heterocycles. The van der Waals surface area contributed by atoms with Crippen molar-refractivity contribution in [3.05, 3.63) is 12.7 Å². The molecule has 2 nitrogen and oxygen atoms in total. The van der Waals surface area contributed by atoms with Crippen LogP contribution in [0.3, 0.4) is 0 Å². The maximum atomic E-state index is 3.62. The van der Waals surface area contributed by atoms with Gasteiger partial charge in [0.05, 0.1) is 0 Å². The molecule has 0 spiro atoms. The SMILES string of the molecule is C=CCNCCCCNC.Cl.Cl. The van der Waals surface area contributed by atoms with Gasteiger partial charge in [-0.25, -0.2) is 0 Å². The summed E-state index contributed by atoms with van der Waals surface area (Å²) >= 11 is 0. The summed E-state index contributed by atoms with van der Waals surface area (Å²) in [6.07, 6.45) is 4.38. The van der Waals surface area contributed by atoms with Gasteiger partial charge in [0.1, 0.15) is 0 Å². The zero-order valence-corrected chi connectivity index (χ0v) is 9.27. The molecule has 4 heteroatoms. The second-order valence-corrected chi connectivity index (χ2v) is 2.30. The Labute approximate surface area is 88.0 Å². The molecule has 76 valence electrons. The van der Waals surface area contributed by atoms with Crippen LogP contribution in [0.4, 0.5) is 0 Å². The number of halogens is 2. The summed E-state index contributed by atoms with van der Waals surface area (Å²) in [6, 6.07) is 0. The Hall–Kier alpha value is 0.240. The zero-order chi connectivity index (χ0) is 7.66. The Morgan fingerprint density at radius 3 is 2.25 bits per heavy atom. The Morgan fingerprint density at radius 2 is 1.75 bits per heavy atom. The highest BCUT2D eigenvalue weighted by atomic mass is 35.5. The van der Waals surface area contributed by atoms with Crippen molar-refractivity contribution in [1.82, 2.24) is 10.6 Å². The highest BCUT2D eigenvalue weighted by Gasteiger charge is 1.84. The zero-order valence-electron chi connectivity index (χ0n) is 7.64. The number of hydrogen-bond donors (Lipinski definition) is 2. The van der Waals surface area contributed by atoms with Crippen molar-refractivity contribution in [3.8, 4) is 0 Å². The van der Waals surface area contributed by atoms with Gasteiger partial charge in [0.25, 0.3) is 0 Å². The molecule has 0 saturated carbocycles. The molecule has 0 aromatic carbocycles. The number of nitrogens with one attached hydrogen (secondary N) is 2. The molecule has 0 fully saturated rings. The van der Waals surface area contributed by atoms with Crippen molar-refractivity contribution in [2.24, 2.45) is 0 Å². The van der Waals surface area contributed by atoms with Crippen LogP contribution in [-0.4, -0.2) is 26.7 Å². The summed E-state index contributed by atoms with van der Waals surface area (Å²) in [7, 11) is 1.98. The standard InChI is InChI=1S/C8H18N2.2ClH/c1-3-6-10-8-5-4-7-9-2;;/h3,9-10H,1,4-8H2,2H3;2*1H. The Bertz CT molecular complexity index is 79.5. The van der Waals surface area contributed by atoms with Gasteiger partial charge < -0.3 is 10.6 Å². The van der Waals surface area contributed by atoms with Crippen molar-refractivity contribution >= 4 is 24.8 Å². The Balaban J connectivity index is -0.000000405. The van der Waals surface area contributed by atoms with E-state index in [1.54, 1.807) is 0 Å². The fourth-order valence-corrected chi connectivity index (χ4v) is 0.756. The van der Waals surface area contributed by atoms with Crippen LogP contribution in [0.1, 0.15) is 12.8 Å². The van der Waals surface area contributed by atoms with Gasteiger partial charge in [-0.3, -0.25) is 0 Å². The molecule has 2 N–H and O–H groups in total. The van der Waals surface area contributed by atoms with Crippen LogP contribution in [0.2, 0.25) is 0 Å². The second-order valence-electron chi connectivity index (χ2n) is 2.30. The third-order valence-electron chi connectivity index (χ3n) is 1.32. The Morgan fingerprint density at radius 1 is 1.17 bits per heavy atom. The minimum absolute atomic E-state index is 0. The van der Waals surface area contributed by atoms with Crippen LogP contribution in [0, 0.1) is 0 Å². The first-order chi connectivity index (χ1) is 4.91. The minimum atomic E-state index is 0. The maximum Gasteiger partial charge on any atom is 0.0132 e. The highest BCUT2D eigenvalue weighted by Crippen LogP contribution is 1.82. The summed E-state index contributed by atoms with van der Waals surface area (Å²) in [5.74, 6) is 0. The molecule has 12 heavy (non-hydrogen) atoms. The Kier molecular flexibility index (Phi) is 26.2. The van der Waals surface area contributed by atoms with E-state index >= 15 is 0 Å². The largest absolute Gasteiger partial charge is 0.320 e. The normalized spacial score (nSPS) is 8.08. The summed E-state index contributed by atoms with van der Waals surface area (Å²) in [5, 5.41) is 6.36. The van der Waals surface area contributed by atoms with E-state index in [0.29, 0.717) is 0 Å². The van der Waals surface area contributed by atoms with Gasteiger partial charge in [-0.15, -0.1) is 31.4 Å². The van der Waals surface area contributed by atoms with E-state index in [-0.39, 0.29) is 24.8 Å². The van der Waals surface area contributed by atoms with Gasteiger partial charge >= 0.3 is 0 Å². The van der Waals surface area contributed by atoms with E-state index in [9.17, 15) is 0 Å². The van der Waals surface area contributed by atoms with Crippen LogP contribution in [-0.2, 0) is 0 Å². The number of hydrogen-bond acceptors (Lipinski definition) is 2. The van der Waals surface area contributed by atoms with Gasteiger partial charge in [-0.2, -0.15) is 0 Å². The predicted octanol–water partition coefficient (Wildman–Crippen LogP) is 1.61. The first kappa shape index (κ1) is 18.1. The summed E-state index contributed by atoms with van der Waals surface area (Å²) in [4.78, 5) is 0. The average molecular weight is 215 g/mol. The van der Waals surface area contributed by atoms with Crippen LogP contribution < -0.4 is 10.6 Å². The van der Waals surface area contributed by atoms with Gasteiger partial charge in [0.15, 0.2) is 0 Å². The lowest BCUT2D eigenvalue weighted by Crippen LogP contribution is -2.16. The third kappa shape index (κ3) is 16.7. The van der Waals surface area contributed by atoms with E-state index in [2.05, 4.69) is 17.2 Å². The van der Waals surface area contributed by atoms with Crippen molar-refractivity contribution in [2.75, 3.05) is 26.7 Å². The first-order valence-electron chi connectivity index (χ1n) is 3.88. The molecule has 0 aliphatic rings. The third-order valence-corrected chi connectivity index (χ3v) is 1.32. The van der Waals surface area contributed by atoms with Gasteiger partial charge in [0.2, 0.25) is 0 Å². The van der Waals surface area contributed by atoms with E-state index in [0.717, 1.165) is 19.6 Å². The molecule has 0 rings (SSSR count). The van der Waals surface area contributed by atoms with Crippen molar-refractivity contribution in [1.29, 1.82) is 0 Å². The summed E-state index contributed by atoms with van der Waals surface area (Å²) < 4.78 is 0. The van der Waals surface area contributed by atoms with E-state index < -0.39 is 0 Å². The summed E-state index contributed by atoms with van der Waals surface area (Å²) in [5.41, 5.74) is 0. The van der Waals surface area contributed by atoms with E-state index in [1.807, 2.05) is 13.1 Å². The highest BCUT2D eigenvalue weighted by molar-refractivity contribution is 5.85. The molecule has 0 atom stereocenters. The van der Waals surface area contributed by atoms with Crippen molar-refractivity contribution in [2.45, 2.75) is 12.8 Å². The molecule has 0 bridgehead atoms. The van der Waals surface area contributed by atoms with Crippen LogP contribution in [0.25, 0.3) is 0 Å². The van der Waals surface area contributed by atoms with Crippen molar-refractivity contribution in [3.63, 3.8) is 0 Å². The molecule has 0 aliphatic heterocycles. The molecule has 0 saturated heterocycles. The van der Waals surface area contributed by atoms with Crippen molar-refractivity contribution < 1.29 is 0 Å². The topological polar surface area (TPSA) is 24.1 Å². The average Bonchev–Trinajstić information content (AvgIpc) is 1.97. The predicted molar refractivity (Wildman–Crippen MR) is 60.7 cm³/mol. The molecule has 0 radical (unpaired) electrons. The molecular formula is C8H20Cl2N2. The minimum Gasteiger partial charge on any atom is -0.320 e. The lowest BCUT2D eigenvalue weighted by atomic mass is 10.3. The van der Waals surface area contributed by atoms with Gasteiger partial charge in [-0.1, -0.05) is 6.08 Å².